The van der Waals surface area contributed by atoms with Gasteiger partial charge in [0.2, 0.25) is 0 Å². The third-order valence-electron chi connectivity index (χ3n) is 3.35. The van der Waals surface area contributed by atoms with E-state index in [2.05, 4.69) is 13.3 Å². The molecule has 0 aliphatic heterocycles. The topological polar surface area (TPSA) is 0 Å². The van der Waals surface area contributed by atoms with Crippen LogP contribution in [0.25, 0.3) is 0 Å². The van der Waals surface area contributed by atoms with Crippen LogP contribution in [0.3, 0.4) is 0 Å². The molecule has 14 heavy (non-hydrogen) atoms. The van der Waals surface area contributed by atoms with Crippen LogP contribution >= 0.6 is 0 Å². The van der Waals surface area contributed by atoms with Crippen molar-refractivity contribution < 1.29 is 0 Å². The molecule has 0 heterocycles. The summed E-state index contributed by atoms with van der Waals surface area (Å²) in [5.74, 6) is 0.981. The van der Waals surface area contributed by atoms with Crippen molar-refractivity contribution in [3.05, 3.63) is 13.3 Å². The zero-order valence-corrected chi connectivity index (χ0v) is 9.64. The van der Waals surface area contributed by atoms with Crippen LogP contribution in [0.15, 0.2) is 0 Å². The standard InChI is InChI=1S/C14H26/c1-2-3-4-5-6-7-8-11-14-12-9-10-13-14/h11,14H,1-10,12-13H2. The van der Waals surface area contributed by atoms with E-state index in [1.807, 2.05) is 0 Å². The molecule has 0 atom stereocenters. The van der Waals surface area contributed by atoms with Crippen molar-refractivity contribution in [3.8, 4) is 0 Å². The number of hydrogen-bond acceptors (Lipinski definition) is 0. The van der Waals surface area contributed by atoms with Crippen LogP contribution < -0.4 is 0 Å². The molecule has 0 aromatic carbocycles. The lowest BCUT2D eigenvalue weighted by molar-refractivity contribution is 0.560. The Kier molecular flexibility index (Phi) is 7.17. The molecule has 1 aliphatic rings. The van der Waals surface area contributed by atoms with Crippen molar-refractivity contribution in [1.82, 2.24) is 0 Å². The summed E-state index contributed by atoms with van der Waals surface area (Å²) in [7, 11) is 0. The molecule has 0 N–H and O–H groups in total. The Labute approximate surface area is 90.5 Å². The second-order valence-electron chi connectivity index (χ2n) is 4.69. The maximum atomic E-state index is 3.87. The summed E-state index contributed by atoms with van der Waals surface area (Å²) >= 11 is 0. The Balaban J connectivity index is 1.75. The molecule has 0 saturated heterocycles. The van der Waals surface area contributed by atoms with Gasteiger partial charge in [0.25, 0.3) is 0 Å². The number of rotatable bonds is 8. The van der Waals surface area contributed by atoms with Gasteiger partial charge < -0.3 is 0 Å². The van der Waals surface area contributed by atoms with Crippen molar-refractivity contribution >= 4 is 0 Å². The van der Waals surface area contributed by atoms with Crippen molar-refractivity contribution in [2.75, 3.05) is 0 Å². The van der Waals surface area contributed by atoms with E-state index in [-0.39, 0.29) is 0 Å². The zero-order chi connectivity index (χ0) is 10.1. The van der Waals surface area contributed by atoms with Gasteiger partial charge in [0.1, 0.15) is 0 Å². The van der Waals surface area contributed by atoms with Gasteiger partial charge in [-0.3, -0.25) is 0 Å². The van der Waals surface area contributed by atoms with E-state index in [0.717, 1.165) is 12.3 Å². The van der Waals surface area contributed by atoms with Crippen molar-refractivity contribution in [2.24, 2.45) is 5.92 Å². The highest BCUT2D eigenvalue weighted by atomic mass is 14.2. The summed E-state index contributed by atoms with van der Waals surface area (Å²) in [5.41, 5.74) is 0. The van der Waals surface area contributed by atoms with Crippen molar-refractivity contribution in [2.45, 2.75) is 70.6 Å². The van der Waals surface area contributed by atoms with Gasteiger partial charge in [-0.05, 0) is 18.8 Å². The molecule has 0 amide bonds. The van der Waals surface area contributed by atoms with Gasteiger partial charge in [-0.25, -0.2) is 0 Å². The zero-order valence-electron chi connectivity index (χ0n) is 9.64. The average Bonchev–Trinajstić information content (AvgIpc) is 2.69. The van der Waals surface area contributed by atoms with E-state index in [9.17, 15) is 0 Å². The lowest BCUT2D eigenvalue weighted by atomic mass is 9.99. The predicted molar refractivity (Wildman–Crippen MR) is 63.9 cm³/mol. The number of unbranched alkanes of at least 4 members (excludes halogenated alkanes) is 6. The third kappa shape index (κ3) is 5.67. The quantitative estimate of drug-likeness (QED) is 0.480. The molecule has 0 aromatic rings. The summed E-state index contributed by atoms with van der Waals surface area (Å²) < 4.78 is 0. The van der Waals surface area contributed by atoms with Crippen LogP contribution in [-0.2, 0) is 0 Å². The van der Waals surface area contributed by atoms with Crippen LogP contribution in [0.5, 0.6) is 0 Å². The minimum absolute atomic E-state index is 0.981. The predicted octanol–water partition coefficient (Wildman–Crippen LogP) is 4.95. The second-order valence-corrected chi connectivity index (χ2v) is 4.69. The lowest BCUT2D eigenvalue weighted by Crippen LogP contribution is -1.93. The Bertz CT molecular complexity index is 111. The van der Waals surface area contributed by atoms with Crippen LogP contribution in [0.1, 0.15) is 70.6 Å². The van der Waals surface area contributed by atoms with Crippen LogP contribution in [-0.4, -0.2) is 0 Å². The van der Waals surface area contributed by atoms with Gasteiger partial charge in [0, 0.05) is 0 Å². The summed E-state index contributed by atoms with van der Waals surface area (Å²) in [6, 6.07) is 0. The van der Waals surface area contributed by atoms with Crippen molar-refractivity contribution in [1.29, 1.82) is 0 Å². The molecule has 1 aliphatic carbocycles. The molecule has 0 bridgehead atoms. The fourth-order valence-corrected chi connectivity index (χ4v) is 2.40. The first-order valence-electron chi connectivity index (χ1n) is 6.56. The summed E-state index contributed by atoms with van der Waals surface area (Å²) in [6.07, 6.45) is 18.0. The fourth-order valence-electron chi connectivity index (χ4n) is 2.40. The highest BCUT2D eigenvalue weighted by molar-refractivity contribution is 4.80. The molecule has 0 nitrogen and oxygen atoms in total. The van der Waals surface area contributed by atoms with E-state index in [4.69, 9.17) is 0 Å². The van der Waals surface area contributed by atoms with Crippen molar-refractivity contribution in [3.63, 3.8) is 0 Å². The summed E-state index contributed by atoms with van der Waals surface area (Å²) in [4.78, 5) is 0. The lowest BCUT2D eigenvalue weighted by Gasteiger charge is -2.07. The van der Waals surface area contributed by atoms with Gasteiger partial charge in [-0.15, -0.1) is 0 Å². The maximum absolute atomic E-state index is 3.87. The van der Waals surface area contributed by atoms with E-state index in [1.165, 1.54) is 64.2 Å². The molecule has 2 radical (unpaired) electrons. The molecule has 1 fully saturated rings. The first-order chi connectivity index (χ1) is 6.93. The van der Waals surface area contributed by atoms with Gasteiger partial charge in [0.15, 0.2) is 0 Å². The third-order valence-corrected chi connectivity index (χ3v) is 3.35. The molecule has 1 saturated carbocycles. The van der Waals surface area contributed by atoms with Crippen LogP contribution in [0.2, 0.25) is 0 Å². The van der Waals surface area contributed by atoms with E-state index in [1.54, 1.807) is 0 Å². The summed E-state index contributed by atoms with van der Waals surface area (Å²) in [5, 5.41) is 0. The molecule has 1 rings (SSSR count). The van der Waals surface area contributed by atoms with Gasteiger partial charge in [-0.1, -0.05) is 71.1 Å². The SMILES string of the molecule is [CH2]CCCCCCC[CH]C1CCCC1. The minimum atomic E-state index is 0.981. The Hall–Kier alpha value is 0. The molecule has 0 unspecified atom stereocenters. The molecule has 0 heteroatoms. The number of hydrogen-bond donors (Lipinski definition) is 0. The average molecular weight is 194 g/mol. The highest BCUT2D eigenvalue weighted by Gasteiger charge is 2.13. The van der Waals surface area contributed by atoms with Crippen LogP contribution in [0.4, 0.5) is 0 Å². The molecule has 0 aromatic heterocycles. The van der Waals surface area contributed by atoms with Gasteiger partial charge in [0.05, 0.1) is 0 Å². The van der Waals surface area contributed by atoms with Gasteiger partial charge in [-0.2, -0.15) is 0 Å². The highest BCUT2D eigenvalue weighted by Crippen LogP contribution is 2.28. The maximum Gasteiger partial charge on any atom is -0.0355 e. The second kappa shape index (κ2) is 8.32. The van der Waals surface area contributed by atoms with E-state index in [0.29, 0.717) is 0 Å². The Morgan fingerprint density at radius 3 is 2.29 bits per heavy atom. The van der Waals surface area contributed by atoms with Gasteiger partial charge >= 0.3 is 0 Å². The molecule has 0 spiro atoms. The largest absolute Gasteiger partial charge is 0.0533 e. The normalized spacial score (nSPS) is 17.8. The molecule has 82 valence electrons. The Morgan fingerprint density at radius 2 is 1.57 bits per heavy atom. The Morgan fingerprint density at radius 1 is 0.929 bits per heavy atom. The van der Waals surface area contributed by atoms with Crippen LogP contribution in [0, 0.1) is 19.3 Å². The smallest absolute Gasteiger partial charge is 0.0355 e. The minimum Gasteiger partial charge on any atom is -0.0533 e. The summed E-state index contributed by atoms with van der Waals surface area (Å²) in [6.45, 7) is 3.87. The monoisotopic (exact) mass is 194 g/mol. The first-order valence-corrected chi connectivity index (χ1v) is 6.56. The van der Waals surface area contributed by atoms with E-state index < -0.39 is 0 Å². The fraction of sp³-hybridized carbons (Fsp3) is 0.857. The van der Waals surface area contributed by atoms with E-state index >= 15 is 0 Å². The molecular weight excluding hydrogens is 168 g/mol. The molecular formula is C14H26. The first kappa shape index (κ1) is 12.1.